The Morgan fingerprint density at radius 2 is 1.86 bits per heavy atom. The van der Waals surface area contributed by atoms with Gasteiger partial charge in [0.2, 0.25) is 0 Å². The highest BCUT2D eigenvalue weighted by Crippen LogP contribution is 2.49. The zero-order valence-electron chi connectivity index (χ0n) is 12.7. The Hall–Kier alpha value is -1.26. The maximum atomic E-state index is 12.1. The fourth-order valence-corrected chi connectivity index (χ4v) is 4.02. The maximum absolute atomic E-state index is 12.1. The van der Waals surface area contributed by atoms with Crippen molar-refractivity contribution < 1.29 is 4.79 Å². The Balaban J connectivity index is 0.00000144. The van der Waals surface area contributed by atoms with Crippen LogP contribution in [0.1, 0.15) is 49.3 Å². The van der Waals surface area contributed by atoms with Gasteiger partial charge in [0.15, 0.2) is 0 Å². The lowest BCUT2D eigenvalue weighted by atomic mass is 9.74. The SMILES string of the molecule is Cl.O=C(NC1CC1)N[C@@H]1CC2(CCNCC2)c2ccccc21. The summed E-state index contributed by atoms with van der Waals surface area (Å²) in [5.74, 6) is 0. The van der Waals surface area contributed by atoms with Crippen LogP contribution >= 0.6 is 12.4 Å². The molecule has 0 radical (unpaired) electrons. The first-order valence-electron chi connectivity index (χ1n) is 8.14. The molecule has 1 atom stereocenters. The number of nitrogens with one attached hydrogen (secondary N) is 3. The Morgan fingerprint density at radius 3 is 2.59 bits per heavy atom. The number of halogens is 1. The highest BCUT2D eigenvalue weighted by molar-refractivity contribution is 5.85. The van der Waals surface area contributed by atoms with Gasteiger partial charge in [0.25, 0.3) is 0 Å². The zero-order valence-corrected chi connectivity index (χ0v) is 13.5. The molecule has 1 heterocycles. The molecule has 1 aromatic carbocycles. The van der Waals surface area contributed by atoms with E-state index < -0.39 is 0 Å². The fourth-order valence-electron chi connectivity index (χ4n) is 4.02. The molecule has 22 heavy (non-hydrogen) atoms. The molecule has 1 aliphatic heterocycles. The van der Waals surface area contributed by atoms with Crippen LogP contribution in [0.4, 0.5) is 4.79 Å². The normalized spacial score (nSPS) is 25.2. The van der Waals surface area contributed by atoms with Gasteiger partial charge in [-0.3, -0.25) is 0 Å². The van der Waals surface area contributed by atoms with Crippen LogP contribution in [0.15, 0.2) is 24.3 Å². The van der Waals surface area contributed by atoms with Crippen LogP contribution < -0.4 is 16.0 Å². The molecule has 2 aliphatic carbocycles. The van der Waals surface area contributed by atoms with Gasteiger partial charge in [-0.05, 0) is 56.3 Å². The van der Waals surface area contributed by atoms with Crippen LogP contribution in [0.5, 0.6) is 0 Å². The van der Waals surface area contributed by atoms with E-state index >= 15 is 0 Å². The quantitative estimate of drug-likeness (QED) is 0.784. The fraction of sp³-hybridized carbons (Fsp3) is 0.588. The van der Waals surface area contributed by atoms with Crippen molar-refractivity contribution in [3.8, 4) is 0 Å². The maximum Gasteiger partial charge on any atom is 0.315 e. The van der Waals surface area contributed by atoms with Gasteiger partial charge in [-0.2, -0.15) is 0 Å². The molecule has 2 amide bonds. The summed E-state index contributed by atoms with van der Waals surface area (Å²) in [4.78, 5) is 12.1. The van der Waals surface area contributed by atoms with Crippen LogP contribution in [0.3, 0.4) is 0 Å². The van der Waals surface area contributed by atoms with E-state index in [4.69, 9.17) is 0 Å². The van der Waals surface area contributed by atoms with Gasteiger partial charge < -0.3 is 16.0 Å². The molecule has 0 unspecified atom stereocenters. The van der Waals surface area contributed by atoms with Crippen molar-refractivity contribution in [1.29, 1.82) is 0 Å². The van der Waals surface area contributed by atoms with Crippen molar-refractivity contribution in [3.05, 3.63) is 35.4 Å². The van der Waals surface area contributed by atoms with Gasteiger partial charge >= 0.3 is 6.03 Å². The minimum atomic E-state index is 0. The number of piperidine rings is 1. The standard InChI is InChI=1S/C17H23N3O.ClH/c21-16(19-12-5-6-12)20-15-11-17(7-9-18-10-8-17)14-4-2-1-3-13(14)15;/h1-4,12,15,18H,5-11H2,(H2,19,20,21);1H/t15-;/m1./s1. The second-order valence-electron chi connectivity index (χ2n) is 6.77. The molecule has 2 fully saturated rings. The van der Waals surface area contributed by atoms with Crippen molar-refractivity contribution >= 4 is 18.4 Å². The predicted molar refractivity (Wildman–Crippen MR) is 89.5 cm³/mol. The molecule has 1 spiro atoms. The summed E-state index contributed by atoms with van der Waals surface area (Å²) in [6.45, 7) is 2.16. The van der Waals surface area contributed by atoms with Crippen molar-refractivity contribution in [2.75, 3.05) is 13.1 Å². The lowest BCUT2D eigenvalue weighted by Gasteiger charge is -2.35. The van der Waals surface area contributed by atoms with Crippen molar-refractivity contribution in [2.24, 2.45) is 0 Å². The Morgan fingerprint density at radius 1 is 1.14 bits per heavy atom. The van der Waals surface area contributed by atoms with E-state index in [1.165, 1.54) is 24.0 Å². The third-order valence-corrected chi connectivity index (χ3v) is 5.28. The number of hydrogen-bond donors (Lipinski definition) is 3. The molecule has 3 N–H and O–H groups in total. The van der Waals surface area contributed by atoms with Gasteiger partial charge in [-0.1, -0.05) is 24.3 Å². The van der Waals surface area contributed by atoms with Crippen molar-refractivity contribution in [1.82, 2.24) is 16.0 Å². The summed E-state index contributed by atoms with van der Waals surface area (Å²) in [6, 6.07) is 9.26. The Labute approximate surface area is 137 Å². The third-order valence-electron chi connectivity index (χ3n) is 5.28. The third kappa shape index (κ3) is 2.82. The van der Waals surface area contributed by atoms with Crippen LogP contribution in [0.2, 0.25) is 0 Å². The van der Waals surface area contributed by atoms with E-state index in [0.29, 0.717) is 6.04 Å². The second-order valence-corrected chi connectivity index (χ2v) is 6.77. The number of rotatable bonds is 2. The first-order chi connectivity index (χ1) is 10.3. The largest absolute Gasteiger partial charge is 0.335 e. The monoisotopic (exact) mass is 321 g/mol. The average molecular weight is 322 g/mol. The summed E-state index contributed by atoms with van der Waals surface area (Å²) in [6.07, 6.45) is 5.65. The van der Waals surface area contributed by atoms with Gasteiger partial charge in [0, 0.05) is 11.5 Å². The van der Waals surface area contributed by atoms with Crippen LogP contribution in [-0.2, 0) is 5.41 Å². The van der Waals surface area contributed by atoms with Crippen LogP contribution in [0, 0.1) is 0 Å². The zero-order chi connectivity index (χ0) is 14.3. The number of hydrogen-bond acceptors (Lipinski definition) is 2. The van der Waals surface area contributed by atoms with E-state index in [1.54, 1.807) is 0 Å². The second kappa shape index (κ2) is 6.09. The topological polar surface area (TPSA) is 53.2 Å². The summed E-state index contributed by atoms with van der Waals surface area (Å²) in [5, 5.41) is 9.71. The van der Waals surface area contributed by atoms with Crippen LogP contribution in [0.25, 0.3) is 0 Å². The van der Waals surface area contributed by atoms with E-state index in [9.17, 15) is 4.79 Å². The highest BCUT2D eigenvalue weighted by atomic mass is 35.5. The summed E-state index contributed by atoms with van der Waals surface area (Å²) in [5.41, 5.74) is 3.05. The van der Waals surface area contributed by atoms with Gasteiger partial charge in [-0.15, -0.1) is 12.4 Å². The molecule has 4 rings (SSSR count). The van der Waals surface area contributed by atoms with Crippen LogP contribution in [-0.4, -0.2) is 25.2 Å². The van der Waals surface area contributed by atoms with E-state index in [2.05, 4.69) is 40.2 Å². The number of carbonyl (C=O) groups excluding carboxylic acids is 1. The average Bonchev–Trinajstić information content (AvgIpc) is 3.26. The van der Waals surface area contributed by atoms with E-state index in [0.717, 1.165) is 32.4 Å². The van der Waals surface area contributed by atoms with E-state index in [-0.39, 0.29) is 29.9 Å². The number of fused-ring (bicyclic) bond motifs is 2. The lowest BCUT2D eigenvalue weighted by molar-refractivity contribution is 0.231. The molecule has 1 saturated carbocycles. The molecule has 4 nitrogen and oxygen atoms in total. The first-order valence-corrected chi connectivity index (χ1v) is 8.14. The highest BCUT2D eigenvalue weighted by Gasteiger charge is 2.44. The number of benzene rings is 1. The van der Waals surface area contributed by atoms with Gasteiger partial charge in [0.1, 0.15) is 0 Å². The molecule has 120 valence electrons. The Bertz CT molecular complexity index is 553. The predicted octanol–water partition coefficient (Wildman–Crippen LogP) is 2.64. The molecule has 5 heteroatoms. The molecular weight excluding hydrogens is 298 g/mol. The summed E-state index contributed by atoms with van der Waals surface area (Å²) in [7, 11) is 0. The molecular formula is C17H24ClN3O. The first kappa shape index (κ1) is 15.6. The molecule has 1 aromatic rings. The van der Waals surface area contributed by atoms with E-state index in [1.807, 2.05) is 0 Å². The molecule has 1 saturated heterocycles. The Kier molecular flexibility index (Phi) is 4.33. The summed E-state index contributed by atoms with van der Waals surface area (Å²) < 4.78 is 0. The minimum Gasteiger partial charge on any atom is -0.335 e. The van der Waals surface area contributed by atoms with Crippen molar-refractivity contribution in [3.63, 3.8) is 0 Å². The number of urea groups is 1. The molecule has 0 aromatic heterocycles. The molecule has 0 bridgehead atoms. The number of carbonyl (C=O) groups is 1. The van der Waals surface area contributed by atoms with Crippen molar-refractivity contribution in [2.45, 2.75) is 49.6 Å². The lowest BCUT2D eigenvalue weighted by Crippen LogP contribution is -2.41. The smallest absolute Gasteiger partial charge is 0.315 e. The van der Waals surface area contributed by atoms with Gasteiger partial charge in [0.05, 0.1) is 6.04 Å². The summed E-state index contributed by atoms with van der Waals surface area (Å²) >= 11 is 0. The minimum absolute atomic E-state index is 0. The van der Waals surface area contributed by atoms with Gasteiger partial charge in [-0.25, -0.2) is 4.79 Å². The molecule has 3 aliphatic rings. The number of amides is 2.